The Morgan fingerprint density at radius 3 is 2.67 bits per heavy atom. The molecule has 0 aliphatic carbocycles. The number of rotatable bonds is 7. The third kappa shape index (κ3) is 4.58. The molecular formula is C15H19ClN4O. The maximum Gasteiger partial charge on any atom is 0.158 e. The smallest absolute Gasteiger partial charge is 0.158 e. The van der Waals surface area contributed by atoms with E-state index in [1.165, 1.54) is 0 Å². The zero-order valence-electron chi connectivity index (χ0n) is 12.2. The maximum absolute atomic E-state index is 6.15. The predicted molar refractivity (Wildman–Crippen MR) is 86.3 cm³/mol. The van der Waals surface area contributed by atoms with Crippen molar-refractivity contribution in [3.8, 4) is 0 Å². The molecule has 2 N–H and O–H groups in total. The molecule has 6 heteroatoms. The van der Waals surface area contributed by atoms with Gasteiger partial charge in [0.05, 0.1) is 10.7 Å². The molecule has 0 fully saturated rings. The van der Waals surface area contributed by atoms with Crippen LogP contribution in [0.4, 0.5) is 17.3 Å². The molecule has 0 unspecified atom stereocenters. The Hall–Kier alpha value is -1.85. The minimum Gasteiger partial charge on any atom is -0.377 e. The largest absolute Gasteiger partial charge is 0.377 e. The van der Waals surface area contributed by atoms with E-state index in [2.05, 4.69) is 27.5 Å². The number of hydrogen-bond donors (Lipinski definition) is 2. The lowest BCUT2D eigenvalue weighted by Gasteiger charge is -2.11. The van der Waals surface area contributed by atoms with Crippen LogP contribution in [0.25, 0.3) is 0 Å². The highest BCUT2D eigenvalue weighted by molar-refractivity contribution is 6.33. The van der Waals surface area contributed by atoms with E-state index in [1.54, 1.807) is 7.11 Å². The highest BCUT2D eigenvalue weighted by Crippen LogP contribution is 2.24. The quantitative estimate of drug-likeness (QED) is 0.814. The molecule has 2 rings (SSSR count). The summed E-state index contributed by atoms with van der Waals surface area (Å²) in [5, 5.41) is 7.11. The summed E-state index contributed by atoms with van der Waals surface area (Å²) in [5.41, 5.74) is 0.808. The molecule has 0 radical (unpaired) electrons. The maximum atomic E-state index is 6.15. The molecule has 0 spiro atoms. The summed E-state index contributed by atoms with van der Waals surface area (Å²) in [7, 11) is 1.62. The Morgan fingerprint density at radius 1 is 1.19 bits per heavy atom. The average Bonchev–Trinajstić information content (AvgIpc) is 2.48. The van der Waals surface area contributed by atoms with Crippen LogP contribution in [0.5, 0.6) is 0 Å². The van der Waals surface area contributed by atoms with Gasteiger partial charge >= 0.3 is 0 Å². The number of anilines is 3. The number of methoxy groups -OCH3 is 1. The molecule has 0 aliphatic heterocycles. The minimum atomic E-state index is 0.360. The first-order valence-corrected chi connectivity index (χ1v) is 7.23. The van der Waals surface area contributed by atoms with Crippen LogP contribution in [0.3, 0.4) is 0 Å². The second kappa shape index (κ2) is 7.81. The summed E-state index contributed by atoms with van der Waals surface area (Å²) in [6, 6.07) is 9.40. The van der Waals surface area contributed by atoms with Gasteiger partial charge in [-0.1, -0.05) is 30.7 Å². The molecule has 0 amide bonds. The summed E-state index contributed by atoms with van der Waals surface area (Å²) in [5.74, 6) is 2.07. The summed E-state index contributed by atoms with van der Waals surface area (Å²) in [4.78, 5) is 8.83. The number of para-hydroxylation sites is 1. The highest BCUT2D eigenvalue weighted by atomic mass is 35.5. The summed E-state index contributed by atoms with van der Waals surface area (Å²) < 4.78 is 5.11. The molecule has 5 nitrogen and oxygen atoms in total. The SMILES string of the molecule is CCCNc1cc(Nc2ccccc2Cl)nc(COC)n1. The van der Waals surface area contributed by atoms with Crippen molar-refractivity contribution in [2.24, 2.45) is 0 Å². The monoisotopic (exact) mass is 306 g/mol. The molecular weight excluding hydrogens is 288 g/mol. The summed E-state index contributed by atoms with van der Waals surface area (Å²) in [6.45, 7) is 3.32. The van der Waals surface area contributed by atoms with Gasteiger partial charge in [0, 0.05) is 19.7 Å². The number of hydrogen-bond acceptors (Lipinski definition) is 5. The fourth-order valence-electron chi connectivity index (χ4n) is 1.80. The number of aromatic nitrogens is 2. The van der Waals surface area contributed by atoms with Gasteiger partial charge in [0.2, 0.25) is 0 Å². The third-order valence-electron chi connectivity index (χ3n) is 2.74. The van der Waals surface area contributed by atoms with Crippen molar-refractivity contribution in [2.75, 3.05) is 24.3 Å². The lowest BCUT2D eigenvalue weighted by atomic mass is 10.3. The van der Waals surface area contributed by atoms with Gasteiger partial charge in [-0.25, -0.2) is 9.97 Å². The Balaban J connectivity index is 2.24. The zero-order valence-corrected chi connectivity index (χ0v) is 12.9. The van der Waals surface area contributed by atoms with Crippen LogP contribution in [0.15, 0.2) is 30.3 Å². The number of benzene rings is 1. The van der Waals surface area contributed by atoms with Gasteiger partial charge in [-0.05, 0) is 18.6 Å². The second-order valence-electron chi connectivity index (χ2n) is 4.52. The van der Waals surface area contributed by atoms with Crippen LogP contribution in [-0.4, -0.2) is 23.6 Å². The fourth-order valence-corrected chi connectivity index (χ4v) is 1.98. The van der Waals surface area contributed by atoms with Crippen molar-refractivity contribution in [1.82, 2.24) is 9.97 Å². The number of nitrogens with zero attached hydrogens (tertiary/aromatic N) is 2. The van der Waals surface area contributed by atoms with Gasteiger partial charge in [-0.15, -0.1) is 0 Å². The van der Waals surface area contributed by atoms with Crippen LogP contribution in [0.1, 0.15) is 19.2 Å². The topological polar surface area (TPSA) is 59.1 Å². The molecule has 2 aromatic rings. The molecule has 1 aromatic carbocycles. The van der Waals surface area contributed by atoms with Gasteiger partial charge in [0.1, 0.15) is 18.2 Å². The molecule has 1 heterocycles. The van der Waals surface area contributed by atoms with Crippen LogP contribution < -0.4 is 10.6 Å². The first-order chi connectivity index (χ1) is 10.2. The zero-order chi connectivity index (χ0) is 15.1. The van der Waals surface area contributed by atoms with Gasteiger partial charge in [-0.3, -0.25) is 0 Å². The number of halogens is 1. The van der Waals surface area contributed by atoms with Crippen LogP contribution in [-0.2, 0) is 11.3 Å². The highest BCUT2D eigenvalue weighted by Gasteiger charge is 2.06. The Morgan fingerprint density at radius 2 is 1.95 bits per heavy atom. The molecule has 1 aromatic heterocycles. The third-order valence-corrected chi connectivity index (χ3v) is 3.07. The van der Waals surface area contributed by atoms with Gasteiger partial charge in [0.15, 0.2) is 5.82 Å². The van der Waals surface area contributed by atoms with E-state index in [0.717, 1.165) is 24.5 Å². The van der Waals surface area contributed by atoms with E-state index in [0.29, 0.717) is 23.3 Å². The normalized spacial score (nSPS) is 10.4. The molecule has 0 saturated heterocycles. The molecule has 0 aliphatic rings. The Bertz CT molecular complexity index is 592. The Kier molecular flexibility index (Phi) is 5.78. The standard InChI is InChI=1S/C15H19ClN4O/c1-3-8-17-13-9-14(20-15(19-13)10-21-2)18-12-7-5-4-6-11(12)16/h4-7,9H,3,8,10H2,1-2H3,(H2,17,18,19,20). The molecule has 21 heavy (non-hydrogen) atoms. The molecule has 0 atom stereocenters. The van der Waals surface area contributed by atoms with E-state index in [4.69, 9.17) is 16.3 Å². The lowest BCUT2D eigenvalue weighted by Crippen LogP contribution is -2.08. The molecule has 112 valence electrons. The Labute approximate surface area is 129 Å². The average molecular weight is 307 g/mol. The van der Waals surface area contributed by atoms with Crippen molar-refractivity contribution in [2.45, 2.75) is 20.0 Å². The van der Waals surface area contributed by atoms with E-state index in [9.17, 15) is 0 Å². The molecule has 0 saturated carbocycles. The van der Waals surface area contributed by atoms with Crippen LogP contribution in [0, 0.1) is 0 Å². The van der Waals surface area contributed by atoms with Gasteiger partial charge < -0.3 is 15.4 Å². The number of nitrogens with one attached hydrogen (secondary N) is 2. The summed E-state index contributed by atoms with van der Waals surface area (Å²) in [6.07, 6.45) is 1.02. The van der Waals surface area contributed by atoms with Crippen LogP contribution in [0.2, 0.25) is 5.02 Å². The summed E-state index contributed by atoms with van der Waals surface area (Å²) >= 11 is 6.15. The van der Waals surface area contributed by atoms with Gasteiger partial charge in [0.25, 0.3) is 0 Å². The van der Waals surface area contributed by atoms with Crippen molar-refractivity contribution < 1.29 is 4.74 Å². The second-order valence-corrected chi connectivity index (χ2v) is 4.93. The fraction of sp³-hybridized carbons (Fsp3) is 0.333. The van der Waals surface area contributed by atoms with Crippen molar-refractivity contribution in [1.29, 1.82) is 0 Å². The van der Waals surface area contributed by atoms with E-state index in [-0.39, 0.29) is 0 Å². The lowest BCUT2D eigenvalue weighted by molar-refractivity contribution is 0.178. The first kappa shape index (κ1) is 15.5. The van der Waals surface area contributed by atoms with Crippen molar-refractivity contribution in [3.05, 3.63) is 41.2 Å². The van der Waals surface area contributed by atoms with Crippen molar-refractivity contribution >= 4 is 28.9 Å². The predicted octanol–water partition coefficient (Wildman–Crippen LogP) is 3.84. The minimum absolute atomic E-state index is 0.360. The number of ether oxygens (including phenoxy) is 1. The first-order valence-electron chi connectivity index (χ1n) is 6.85. The van der Waals surface area contributed by atoms with Crippen LogP contribution >= 0.6 is 11.6 Å². The van der Waals surface area contributed by atoms with E-state index >= 15 is 0 Å². The van der Waals surface area contributed by atoms with Crippen molar-refractivity contribution in [3.63, 3.8) is 0 Å². The van der Waals surface area contributed by atoms with E-state index in [1.807, 2.05) is 30.3 Å². The molecule has 0 bridgehead atoms. The van der Waals surface area contributed by atoms with Gasteiger partial charge in [-0.2, -0.15) is 0 Å². The van der Waals surface area contributed by atoms with E-state index < -0.39 is 0 Å².